The molecule has 4 nitrogen and oxygen atoms in total. The fourth-order valence-electron chi connectivity index (χ4n) is 1.76. The van der Waals surface area contributed by atoms with Crippen molar-refractivity contribution in [1.29, 1.82) is 0 Å². The first kappa shape index (κ1) is 10.6. The van der Waals surface area contributed by atoms with Crippen LogP contribution >= 0.6 is 0 Å². The third-order valence-corrected chi connectivity index (χ3v) is 2.62. The van der Waals surface area contributed by atoms with E-state index in [9.17, 15) is 14.7 Å². The minimum Gasteiger partial charge on any atom is -0.369 e. The number of aliphatic hydroxyl groups excluding tert-OH is 1. The van der Waals surface area contributed by atoms with E-state index in [1.807, 2.05) is 0 Å². The molecule has 0 saturated carbocycles. The predicted octanol–water partition coefficient (Wildman–Crippen LogP) is 0.672. The van der Waals surface area contributed by atoms with Crippen molar-refractivity contribution in [2.75, 3.05) is 0 Å². The largest absolute Gasteiger partial charge is 0.369 e. The van der Waals surface area contributed by atoms with Gasteiger partial charge in [0.2, 0.25) is 0 Å². The number of hydrogen-bond acceptors (Lipinski definition) is 4. The number of hydrogen-bond donors (Lipinski definition) is 1. The second kappa shape index (κ2) is 4.28. The number of aliphatic hydroxyl groups is 1. The summed E-state index contributed by atoms with van der Waals surface area (Å²) in [6, 6.07) is 0. The lowest BCUT2D eigenvalue weighted by molar-refractivity contribution is -0.106. The molecule has 4 heteroatoms. The van der Waals surface area contributed by atoms with Crippen LogP contribution in [0, 0.1) is 0 Å². The summed E-state index contributed by atoms with van der Waals surface area (Å²) >= 11 is 0. The van der Waals surface area contributed by atoms with Crippen LogP contribution in [-0.4, -0.2) is 28.8 Å². The SMILES string of the molecule is O=CC1=CCC(C=O)=C2C=CC=CN2C1O. The van der Waals surface area contributed by atoms with Crippen LogP contribution in [0.25, 0.3) is 0 Å². The Bertz CT molecular complexity index is 443. The minimum absolute atomic E-state index is 0.273. The number of allylic oxidation sites excluding steroid dienone is 5. The van der Waals surface area contributed by atoms with Crippen molar-refractivity contribution in [1.82, 2.24) is 4.90 Å². The van der Waals surface area contributed by atoms with Crippen molar-refractivity contribution < 1.29 is 14.7 Å². The van der Waals surface area contributed by atoms with Crippen molar-refractivity contribution in [2.45, 2.75) is 12.6 Å². The van der Waals surface area contributed by atoms with Gasteiger partial charge in [-0.2, -0.15) is 0 Å². The fraction of sp³-hybridized carbons (Fsp3) is 0.167. The van der Waals surface area contributed by atoms with Gasteiger partial charge < -0.3 is 10.0 Å². The zero-order valence-electron chi connectivity index (χ0n) is 8.54. The number of fused-ring (bicyclic) bond motifs is 1. The predicted molar refractivity (Wildman–Crippen MR) is 58.0 cm³/mol. The highest BCUT2D eigenvalue weighted by atomic mass is 16.3. The number of rotatable bonds is 2. The standard InChI is InChI=1S/C12H11NO3/c14-7-9-4-5-10(8-15)12(16)13-6-2-1-3-11(9)13/h1-3,5-8,12,16H,4H2. The molecule has 0 spiro atoms. The van der Waals surface area contributed by atoms with Gasteiger partial charge in [-0.25, -0.2) is 0 Å². The average molecular weight is 217 g/mol. The van der Waals surface area contributed by atoms with E-state index in [-0.39, 0.29) is 5.57 Å². The average Bonchev–Trinajstić information content (AvgIpc) is 2.47. The first-order chi connectivity index (χ1) is 7.77. The van der Waals surface area contributed by atoms with E-state index in [0.717, 1.165) is 6.29 Å². The van der Waals surface area contributed by atoms with Gasteiger partial charge in [-0.1, -0.05) is 12.2 Å². The third-order valence-electron chi connectivity index (χ3n) is 2.62. The maximum atomic E-state index is 10.9. The Hall–Kier alpha value is -1.94. The van der Waals surface area contributed by atoms with Gasteiger partial charge in [0.25, 0.3) is 0 Å². The van der Waals surface area contributed by atoms with Gasteiger partial charge in [0.1, 0.15) is 12.6 Å². The molecule has 1 unspecified atom stereocenters. The summed E-state index contributed by atoms with van der Waals surface area (Å²) in [5.74, 6) is 0. The molecule has 16 heavy (non-hydrogen) atoms. The molecule has 2 aliphatic rings. The molecule has 2 heterocycles. The van der Waals surface area contributed by atoms with Crippen molar-refractivity contribution in [3.63, 3.8) is 0 Å². The Morgan fingerprint density at radius 1 is 1.31 bits per heavy atom. The Kier molecular flexibility index (Phi) is 2.83. The summed E-state index contributed by atoms with van der Waals surface area (Å²) in [5.41, 5.74) is 1.46. The molecule has 0 saturated heterocycles. The maximum absolute atomic E-state index is 10.9. The van der Waals surface area contributed by atoms with Gasteiger partial charge in [-0.15, -0.1) is 0 Å². The van der Waals surface area contributed by atoms with Gasteiger partial charge >= 0.3 is 0 Å². The van der Waals surface area contributed by atoms with Gasteiger partial charge in [-0.05, 0) is 18.6 Å². The van der Waals surface area contributed by atoms with E-state index >= 15 is 0 Å². The highest BCUT2D eigenvalue weighted by molar-refractivity contribution is 5.80. The van der Waals surface area contributed by atoms with Gasteiger partial charge in [0, 0.05) is 17.3 Å². The van der Waals surface area contributed by atoms with Crippen LogP contribution < -0.4 is 0 Å². The molecule has 1 N–H and O–H groups in total. The zero-order valence-corrected chi connectivity index (χ0v) is 8.54. The van der Waals surface area contributed by atoms with Crippen molar-refractivity contribution in [3.8, 4) is 0 Å². The molecular weight excluding hydrogens is 206 g/mol. The molecule has 82 valence electrons. The highest BCUT2D eigenvalue weighted by Gasteiger charge is 2.24. The van der Waals surface area contributed by atoms with E-state index in [1.165, 1.54) is 4.90 Å². The quantitative estimate of drug-likeness (QED) is 0.691. The molecule has 0 amide bonds. The van der Waals surface area contributed by atoms with Gasteiger partial charge in [0.05, 0.1) is 5.70 Å². The summed E-state index contributed by atoms with van der Waals surface area (Å²) in [4.78, 5) is 23.2. The van der Waals surface area contributed by atoms with Gasteiger partial charge in [0.15, 0.2) is 6.23 Å². The third kappa shape index (κ3) is 1.63. The lowest BCUT2D eigenvalue weighted by Gasteiger charge is -2.28. The summed E-state index contributed by atoms with van der Waals surface area (Å²) < 4.78 is 0. The number of aldehydes is 2. The Morgan fingerprint density at radius 2 is 2.12 bits per heavy atom. The Balaban J connectivity index is 2.49. The minimum atomic E-state index is -1.02. The normalized spacial score (nSPS) is 23.7. The van der Waals surface area contributed by atoms with Crippen LogP contribution in [0.1, 0.15) is 6.42 Å². The van der Waals surface area contributed by atoms with Gasteiger partial charge in [-0.3, -0.25) is 9.59 Å². The molecule has 0 radical (unpaired) electrons. The Morgan fingerprint density at radius 3 is 2.81 bits per heavy atom. The topological polar surface area (TPSA) is 57.6 Å². The molecule has 1 atom stereocenters. The number of carbonyl (C=O) groups excluding carboxylic acids is 2. The smallest absolute Gasteiger partial charge is 0.159 e. The van der Waals surface area contributed by atoms with E-state index in [4.69, 9.17) is 0 Å². The summed E-state index contributed by atoms with van der Waals surface area (Å²) in [6.07, 6.45) is 9.20. The molecular formula is C12H11NO3. The van der Waals surface area contributed by atoms with Crippen LogP contribution in [0.2, 0.25) is 0 Å². The molecule has 0 bridgehead atoms. The second-order valence-corrected chi connectivity index (χ2v) is 3.54. The van der Waals surface area contributed by atoms with Crippen LogP contribution in [-0.2, 0) is 9.59 Å². The maximum Gasteiger partial charge on any atom is 0.159 e. The van der Waals surface area contributed by atoms with Crippen molar-refractivity contribution >= 4 is 12.6 Å². The monoisotopic (exact) mass is 217 g/mol. The molecule has 0 fully saturated rings. The molecule has 2 aliphatic heterocycles. The number of nitrogens with zero attached hydrogens (tertiary/aromatic N) is 1. The van der Waals surface area contributed by atoms with Crippen LogP contribution in [0.15, 0.2) is 47.3 Å². The lowest BCUT2D eigenvalue weighted by atomic mass is 10.1. The van der Waals surface area contributed by atoms with E-state index in [2.05, 4.69) is 0 Å². The lowest BCUT2D eigenvalue weighted by Crippen LogP contribution is -2.32. The molecule has 2 rings (SSSR count). The molecule has 0 aliphatic carbocycles. The van der Waals surface area contributed by atoms with Crippen LogP contribution in [0.3, 0.4) is 0 Å². The van der Waals surface area contributed by atoms with E-state index in [1.54, 1.807) is 30.5 Å². The molecule has 0 aromatic rings. The summed E-state index contributed by atoms with van der Waals surface area (Å²) in [7, 11) is 0. The zero-order chi connectivity index (χ0) is 11.5. The van der Waals surface area contributed by atoms with Crippen LogP contribution in [0.4, 0.5) is 0 Å². The fourth-order valence-corrected chi connectivity index (χ4v) is 1.76. The Labute approximate surface area is 92.9 Å². The van der Waals surface area contributed by atoms with E-state index < -0.39 is 6.23 Å². The van der Waals surface area contributed by atoms with Crippen molar-refractivity contribution in [3.05, 3.63) is 47.3 Å². The first-order valence-electron chi connectivity index (χ1n) is 4.92. The number of carbonyl (C=O) groups is 2. The summed E-state index contributed by atoms with van der Waals surface area (Å²) in [5, 5.41) is 9.95. The second-order valence-electron chi connectivity index (χ2n) is 3.54. The van der Waals surface area contributed by atoms with E-state index in [0.29, 0.717) is 24.0 Å². The van der Waals surface area contributed by atoms with Crippen molar-refractivity contribution in [2.24, 2.45) is 0 Å². The highest BCUT2D eigenvalue weighted by Crippen LogP contribution is 2.26. The van der Waals surface area contributed by atoms with Crippen LogP contribution in [0.5, 0.6) is 0 Å². The molecule has 0 aromatic heterocycles. The summed E-state index contributed by atoms with van der Waals surface area (Å²) in [6.45, 7) is 0. The first-order valence-corrected chi connectivity index (χ1v) is 4.92. The molecule has 0 aromatic carbocycles.